The molecule has 0 radical (unpaired) electrons. The Morgan fingerprint density at radius 3 is 2.61 bits per heavy atom. The summed E-state index contributed by atoms with van der Waals surface area (Å²) >= 11 is 6.04. The normalized spacial score (nSPS) is 10.6. The van der Waals surface area contributed by atoms with Gasteiger partial charge in [-0.15, -0.1) is 0 Å². The molecule has 1 aromatic heterocycles. The number of ether oxygens (including phenoxy) is 2. The third-order valence-electron chi connectivity index (χ3n) is 4.38. The van der Waals surface area contributed by atoms with Gasteiger partial charge in [-0.05, 0) is 42.3 Å². The summed E-state index contributed by atoms with van der Waals surface area (Å²) in [5.74, 6) is 1.17. The van der Waals surface area contributed by atoms with Gasteiger partial charge in [-0.2, -0.15) is 5.10 Å². The summed E-state index contributed by atoms with van der Waals surface area (Å²) in [6.07, 6.45) is 0.672. The Hall–Kier alpha value is -2.99. The fraction of sp³-hybridized carbons (Fsp3) is 0.238. The highest BCUT2D eigenvalue weighted by molar-refractivity contribution is 6.30. The first kappa shape index (κ1) is 19.8. The Morgan fingerprint density at radius 2 is 1.89 bits per heavy atom. The third kappa shape index (κ3) is 4.46. The Bertz CT molecular complexity index is 985. The van der Waals surface area contributed by atoms with Gasteiger partial charge in [0.05, 0.1) is 19.9 Å². The summed E-state index contributed by atoms with van der Waals surface area (Å²) < 4.78 is 12.1. The quantitative estimate of drug-likeness (QED) is 0.657. The van der Waals surface area contributed by atoms with E-state index in [-0.39, 0.29) is 5.91 Å². The molecule has 28 heavy (non-hydrogen) atoms. The molecule has 1 amide bonds. The molecule has 0 unspecified atom stereocenters. The van der Waals surface area contributed by atoms with Crippen LogP contribution in [0.4, 0.5) is 0 Å². The number of hydrogen-bond acceptors (Lipinski definition) is 4. The molecule has 146 valence electrons. The zero-order chi connectivity index (χ0) is 20.1. The van der Waals surface area contributed by atoms with Crippen LogP contribution >= 0.6 is 11.6 Å². The van der Waals surface area contributed by atoms with Crippen molar-refractivity contribution in [3.63, 3.8) is 0 Å². The van der Waals surface area contributed by atoms with Crippen molar-refractivity contribution in [1.29, 1.82) is 0 Å². The molecule has 0 aliphatic heterocycles. The highest BCUT2D eigenvalue weighted by Crippen LogP contribution is 2.27. The molecule has 1 heterocycles. The van der Waals surface area contributed by atoms with Gasteiger partial charge in [-0.3, -0.25) is 9.48 Å². The maximum atomic E-state index is 12.5. The van der Waals surface area contributed by atoms with Crippen molar-refractivity contribution < 1.29 is 14.3 Å². The second kappa shape index (κ2) is 8.80. The largest absolute Gasteiger partial charge is 0.493 e. The minimum absolute atomic E-state index is 0.177. The average Bonchev–Trinajstić information content (AvgIpc) is 3.09. The molecule has 7 heteroatoms. The van der Waals surface area contributed by atoms with Crippen molar-refractivity contribution in [3.8, 4) is 22.8 Å². The molecule has 0 spiro atoms. The molecule has 0 saturated heterocycles. The number of halogens is 1. The van der Waals surface area contributed by atoms with Gasteiger partial charge >= 0.3 is 0 Å². The predicted molar refractivity (Wildman–Crippen MR) is 109 cm³/mol. The molecule has 0 fully saturated rings. The van der Waals surface area contributed by atoms with E-state index in [1.165, 1.54) is 0 Å². The topological polar surface area (TPSA) is 65.4 Å². The lowest BCUT2D eigenvalue weighted by Gasteiger charge is -2.10. The van der Waals surface area contributed by atoms with E-state index < -0.39 is 0 Å². The van der Waals surface area contributed by atoms with Crippen molar-refractivity contribution >= 4 is 17.5 Å². The summed E-state index contributed by atoms with van der Waals surface area (Å²) in [4.78, 5) is 12.5. The summed E-state index contributed by atoms with van der Waals surface area (Å²) in [5.41, 5.74) is 3.10. The number of rotatable bonds is 7. The van der Waals surface area contributed by atoms with E-state index in [4.69, 9.17) is 21.1 Å². The van der Waals surface area contributed by atoms with Crippen LogP contribution in [0.3, 0.4) is 0 Å². The second-order valence-electron chi connectivity index (χ2n) is 6.24. The fourth-order valence-electron chi connectivity index (χ4n) is 2.92. The third-order valence-corrected chi connectivity index (χ3v) is 4.62. The zero-order valence-corrected chi connectivity index (χ0v) is 16.8. The summed E-state index contributed by atoms with van der Waals surface area (Å²) in [6, 6.07) is 14.9. The zero-order valence-electron chi connectivity index (χ0n) is 16.0. The number of aromatic nitrogens is 2. The molecule has 3 rings (SSSR count). The lowest BCUT2D eigenvalue weighted by atomic mass is 10.1. The van der Waals surface area contributed by atoms with Gasteiger partial charge in [0.15, 0.2) is 11.5 Å². The molecule has 2 aromatic carbocycles. The number of benzene rings is 2. The van der Waals surface area contributed by atoms with Crippen LogP contribution in [0.25, 0.3) is 11.3 Å². The number of aryl methyl sites for hydroxylation is 1. The Balaban J connectivity index is 1.64. The van der Waals surface area contributed by atoms with E-state index in [0.717, 1.165) is 11.1 Å². The molecular weight excluding hydrogens is 378 g/mol. The van der Waals surface area contributed by atoms with E-state index in [9.17, 15) is 4.79 Å². The van der Waals surface area contributed by atoms with Gasteiger partial charge in [0.25, 0.3) is 5.91 Å². The summed E-state index contributed by atoms with van der Waals surface area (Å²) in [7, 11) is 4.95. The maximum Gasteiger partial charge on any atom is 0.269 e. The highest BCUT2D eigenvalue weighted by Gasteiger charge is 2.14. The van der Waals surface area contributed by atoms with Crippen LogP contribution in [0, 0.1) is 0 Å². The van der Waals surface area contributed by atoms with E-state index in [2.05, 4.69) is 10.4 Å². The molecule has 0 atom stereocenters. The van der Waals surface area contributed by atoms with E-state index >= 15 is 0 Å². The van der Waals surface area contributed by atoms with Crippen LogP contribution in [0.5, 0.6) is 11.5 Å². The summed E-state index contributed by atoms with van der Waals surface area (Å²) in [5, 5.41) is 7.98. The molecule has 0 aliphatic rings. The molecular formula is C21H22ClN3O3. The SMILES string of the molecule is COc1ccc(CCNC(=O)c2cc(-c3cccc(Cl)c3)nn2C)cc1OC. The van der Waals surface area contributed by atoms with Crippen LogP contribution in [0.2, 0.25) is 5.02 Å². The van der Waals surface area contributed by atoms with E-state index in [1.807, 2.05) is 36.4 Å². The minimum Gasteiger partial charge on any atom is -0.493 e. The number of nitrogens with one attached hydrogen (secondary N) is 1. The molecule has 0 aliphatic carbocycles. The molecule has 0 saturated carbocycles. The number of carbonyl (C=O) groups is 1. The smallest absolute Gasteiger partial charge is 0.269 e. The first-order valence-electron chi connectivity index (χ1n) is 8.81. The van der Waals surface area contributed by atoms with Crippen LogP contribution in [-0.4, -0.2) is 36.5 Å². The number of carbonyl (C=O) groups excluding carboxylic acids is 1. The van der Waals surface area contributed by atoms with E-state index in [0.29, 0.717) is 40.9 Å². The van der Waals surface area contributed by atoms with Gasteiger partial charge in [-0.25, -0.2) is 0 Å². The lowest BCUT2D eigenvalue weighted by Crippen LogP contribution is -2.27. The Morgan fingerprint density at radius 1 is 1.11 bits per heavy atom. The fourth-order valence-corrected chi connectivity index (χ4v) is 3.11. The standard InChI is InChI=1S/C21H22ClN3O3/c1-25-18(13-17(24-25)15-5-4-6-16(22)12-15)21(26)23-10-9-14-7-8-19(27-2)20(11-14)28-3/h4-8,11-13H,9-10H2,1-3H3,(H,23,26). The van der Waals surface area contributed by atoms with Crippen molar-refractivity contribution in [1.82, 2.24) is 15.1 Å². The molecule has 6 nitrogen and oxygen atoms in total. The number of amides is 1. The number of hydrogen-bond donors (Lipinski definition) is 1. The highest BCUT2D eigenvalue weighted by atomic mass is 35.5. The van der Waals surface area contributed by atoms with Crippen molar-refractivity contribution in [2.24, 2.45) is 7.05 Å². The maximum absolute atomic E-state index is 12.5. The number of nitrogens with zero attached hydrogens (tertiary/aromatic N) is 2. The minimum atomic E-state index is -0.177. The lowest BCUT2D eigenvalue weighted by molar-refractivity contribution is 0.0944. The van der Waals surface area contributed by atoms with Crippen LogP contribution in [0.15, 0.2) is 48.5 Å². The van der Waals surface area contributed by atoms with E-state index in [1.54, 1.807) is 38.1 Å². The van der Waals surface area contributed by atoms with Crippen LogP contribution in [-0.2, 0) is 13.5 Å². The predicted octanol–water partition coefficient (Wildman–Crippen LogP) is 3.73. The molecule has 0 bridgehead atoms. The van der Waals surface area contributed by atoms with Crippen molar-refractivity contribution in [2.45, 2.75) is 6.42 Å². The monoisotopic (exact) mass is 399 g/mol. The second-order valence-corrected chi connectivity index (χ2v) is 6.68. The van der Waals surface area contributed by atoms with Crippen LogP contribution < -0.4 is 14.8 Å². The van der Waals surface area contributed by atoms with Gasteiger partial charge in [0, 0.05) is 24.2 Å². The number of methoxy groups -OCH3 is 2. The van der Waals surface area contributed by atoms with Gasteiger partial charge in [0.2, 0.25) is 0 Å². The molecule has 1 N–H and O–H groups in total. The van der Waals surface area contributed by atoms with Gasteiger partial charge in [-0.1, -0.05) is 29.8 Å². The first-order valence-corrected chi connectivity index (χ1v) is 9.18. The van der Waals surface area contributed by atoms with Crippen molar-refractivity contribution in [3.05, 3.63) is 64.8 Å². The molecule has 3 aromatic rings. The van der Waals surface area contributed by atoms with Gasteiger partial charge < -0.3 is 14.8 Å². The Kier molecular flexibility index (Phi) is 6.21. The van der Waals surface area contributed by atoms with Gasteiger partial charge in [0.1, 0.15) is 5.69 Å². The first-order chi connectivity index (χ1) is 13.5. The van der Waals surface area contributed by atoms with Crippen molar-refractivity contribution in [2.75, 3.05) is 20.8 Å². The average molecular weight is 400 g/mol. The van der Waals surface area contributed by atoms with Crippen LogP contribution in [0.1, 0.15) is 16.1 Å². The summed E-state index contributed by atoms with van der Waals surface area (Å²) in [6.45, 7) is 0.492. The Labute approximate surface area is 169 Å².